The Morgan fingerprint density at radius 1 is 1.26 bits per heavy atom. The number of nitrogens with one attached hydrogen (secondary N) is 1. The molecule has 0 bridgehead atoms. The van der Waals surface area contributed by atoms with Crippen LogP contribution >= 0.6 is 54.8 Å². The van der Waals surface area contributed by atoms with Crippen LogP contribution in [0.1, 0.15) is 0 Å². The van der Waals surface area contributed by atoms with Gasteiger partial charge in [-0.2, -0.15) is 0 Å². The minimum atomic E-state index is -3.80. The minimum Gasteiger partial charge on any atom is -0.278 e. The van der Waals surface area contributed by atoms with Gasteiger partial charge >= 0.3 is 0 Å². The average Bonchev–Trinajstić information content (AvgIpc) is 2.65. The molecule has 3 nitrogen and oxygen atoms in total. The standard InChI is InChI=1S/C10H5Br2ClFNO2S2/c11-6-2-1-5(14)3-8(6)15-19(16,17)9-4-7(13)10(12)18-9/h1-4,15H. The molecule has 0 aliphatic heterocycles. The SMILES string of the molecule is O=S(=O)(Nc1cc(F)ccc1Br)c1cc(Cl)c(Br)s1. The van der Waals surface area contributed by atoms with Crippen molar-refractivity contribution in [2.24, 2.45) is 0 Å². The molecule has 0 fully saturated rings. The van der Waals surface area contributed by atoms with E-state index in [9.17, 15) is 12.8 Å². The molecule has 2 aromatic rings. The molecule has 2 rings (SSSR count). The van der Waals surface area contributed by atoms with Crippen LogP contribution in [0.3, 0.4) is 0 Å². The molecule has 1 N–H and O–H groups in total. The van der Waals surface area contributed by atoms with Crippen LogP contribution in [-0.4, -0.2) is 8.42 Å². The molecule has 0 amide bonds. The summed E-state index contributed by atoms with van der Waals surface area (Å²) in [5.74, 6) is -0.536. The highest BCUT2D eigenvalue weighted by atomic mass is 79.9. The zero-order valence-electron chi connectivity index (χ0n) is 8.95. The molecule has 102 valence electrons. The first-order valence-electron chi connectivity index (χ1n) is 4.72. The normalized spacial score (nSPS) is 11.6. The number of benzene rings is 1. The van der Waals surface area contributed by atoms with Gasteiger partial charge in [0.1, 0.15) is 10.0 Å². The second-order valence-electron chi connectivity index (χ2n) is 3.42. The lowest BCUT2D eigenvalue weighted by Crippen LogP contribution is -2.12. The summed E-state index contributed by atoms with van der Waals surface area (Å²) in [4.78, 5) is 0. The third-order valence-electron chi connectivity index (χ3n) is 2.06. The lowest BCUT2D eigenvalue weighted by molar-refractivity contribution is 0.603. The van der Waals surface area contributed by atoms with E-state index < -0.39 is 15.8 Å². The number of halogens is 4. The van der Waals surface area contributed by atoms with Crippen molar-refractivity contribution in [2.45, 2.75) is 4.21 Å². The predicted octanol–water partition coefficient (Wildman–Crippen LogP) is 4.87. The van der Waals surface area contributed by atoms with E-state index in [1.54, 1.807) is 0 Å². The summed E-state index contributed by atoms with van der Waals surface area (Å²) in [5.41, 5.74) is 0.126. The number of anilines is 1. The maximum Gasteiger partial charge on any atom is 0.271 e. The summed E-state index contributed by atoms with van der Waals surface area (Å²) < 4.78 is 40.6. The summed E-state index contributed by atoms with van der Waals surface area (Å²) in [7, 11) is -3.80. The van der Waals surface area contributed by atoms with Gasteiger partial charge < -0.3 is 0 Å². The second kappa shape index (κ2) is 5.69. The summed E-state index contributed by atoms with van der Waals surface area (Å²) in [6.45, 7) is 0. The third-order valence-corrected chi connectivity index (χ3v) is 7.07. The van der Waals surface area contributed by atoms with Crippen LogP contribution in [0.4, 0.5) is 10.1 Å². The maximum absolute atomic E-state index is 13.1. The van der Waals surface area contributed by atoms with Crippen molar-refractivity contribution in [3.8, 4) is 0 Å². The van der Waals surface area contributed by atoms with Crippen molar-refractivity contribution in [1.29, 1.82) is 0 Å². The van der Waals surface area contributed by atoms with Crippen molar-refractivity contribution < 1.29 is 12.8 Å². The quantitative estimate of drug-likeness (QED) is 0.727. The van der Waals surface area contributed by atoms with E-state index in [2.05, 4.69) is 36.6 Å². The molecular weight excluding hydrogens is 445 g/mol. The lowest BCUT2D eigenvalue weighted by atomic mass is 10.3. The molecule has 0 aliphatic carbocycles. The monoisotopic (exact) mass is 447 g/mol. The Balaban J connectivity index is 2.39. The van der Waals surface area contributed by atoms with E-state index in [0.717, 1.165) is 17.4 Å². The topological polar surface area (TPSA) is 46.2 Å². The molecular formula is C10H5Br2ClFNO2S2. The van der Waals surface area contributed by atoms with Gasteiger partial charge in [0.2, 0.25) is 0 Å². The van der Waals surface area contributed by atoms with Gasteiger partial charge in [-0.3, -0.25) is 4.72 Å². The van der Waals surface area contributed by atoms with Gasteiger partial charge in [0.25, 0.3) is 10.0 Å². The highest BCUT2D eigenvalue weighted by Crippen LogP contribution is 2.36. The van der Waals surface area contributed by atoms with E-state index >= 15 is 0 Å². The number of thiophene rings is 1. The van der Waals surface area contributed by atoms with Gasteiger partial charge in [0, 0.05) is 4.47 Å². The Bertz CT molecular complexity index is 714. The van der Waals surface area contributed by atoms with E-state index in [4.69, 9.17) is 11.6 Å². The Labute approximate surface area is 135 Å². The first-order valence-corrected chi connectivity index (χ1v) is 8.98. The number of hydrogen-bond acceptors (Lipinski definition) is 3. The zero-order chi connectivity index (χ0) is 14.2. The van der Waals surface area contributed by atoms with Crippen LogP contribution < -0.4 is 4.72 Å². The first-order chi connectivity index (χ1) is 8.79. The molecule has 1 heterocycles. The second-order valence-corrected chi connectivity index (χ2v) is 8.96. The third kappa shape index (κ3) is 3.49. The molecule has 9 heteroatoms. The average molecular weight is 450 g/mol. The summed E-state index contributed by atoms with van der Waals surface area (Å²) in [6.07, 6.45) is 0. The Morgan fingerprint density at radius 2 is 1.95 bits per heavy atom. The van der Waals surface area contributed by atoms with Gasteiger partial charge in [-0.25, -0.2) is 12.8 Å². The van der Waals surface area contributed by atoms with Crippen molar-refractivity contribution in [3.63, 3.8) is 0 Å². The fourth-order valence-corrected chi connectivity index (χ4v) is 5.18. The van der Waals surface area contributed by atoms with Gasteiger partial charge in [0.15, 0.2) is 0 Å². The Hall–Kier alpha value is -0.150. The first kappa shape index (κ1) is 15.2. The van der Waals surface area contributed by atoms with Gasteiger partial charge in [-0.1, -0.05) is 11.6 Å². The molecule has 0 saturated carbocycles. The molecule has 0 saturated heterocycles. The molecule has 19 heavy (non-hydrogen) atoms. The van der Waals surface area contributed by atoms with Crippen LogP contribution in [-0.2, 0) is 10.0 Å². The Kier molecular flexibility index (Phi) is 4.56. The highest BCUT2D eigenvalue weighted by molar-refractivity contribution is 9.11. The van der Waals surface area contributed by atoms with Crippen LogP contribution in [0.25, 0.3) is 0 Å². The van der Waals surface area contributed by atoms with Crippen LogP contribution in [0, 0.1) is 5.82 Å². The maximum atomic E-state index is 13.1. The summed E-state index contributed by atoms with van der Waals surface area (Å²) in [5, 5.41) is 0.309. The molecule has 0 atom stereocenters. The molecule has 0 radical (unpaired) electrons. The number of sulfonamides is 1. The fraction of sp³-hybridized carbons (Fsp3) is 0. The van der Waals surface area contributed by atoms with E-state index in [1.165, 1.54) is 18.2 Å². The zero-order valence-corrected chi connectivity index (χ0v) is 14.5. The van der Waals surface area contributed by atoms with E-state index in [0.29, 0.717) is 13.3 Å². The van der Waals surface area contributed by atoms with Crippen molar-refractivity contribution >= 4 is 70.5 Å². The fourth-order valence-electron chi connectivity index (χ4n) is 1.23. The lowest BCUT2D eigenvalue weighted by Gasteiger charge is -2.08. The molecule has 0 aliphatic rings. The largest absolute Gasteiger partial charge is 0.278 e. The van der Waals surface area contributed by atoms with E-state index in [-0.39, 0.29) is 9.90 Å². The number of hydrogen-bond donors (Lipinski definition) is 1. The Morgan fingerprint density at radius 3 is 2.53 bits per heavy atom. The van der Waals surface area contributed by atoms with Crippen LogP contribution in [0.5, 0.6) is 0 Å². The van der Waals surface area contributed by atoms with Gasteiger partial charge in [0.05, 0.1) is 14.5 Å². The van der Waals surface area contributed by atoms with Crippen molar-refractivity contribution in [1.82, 2.24) is 0 Å². The smallest absolute Gasteiger partial charge is 0.271 e. The van der Waals surface area contributed by atoms with Gasteiger partial charge in [-0.15, -0.1) is 11.3 Å². The summed E-state index contributed by atoms with van der Waals surface area (Å²) in [6, 6.07) is 5.06. The molecule has 1 aromatic heterocycles. The molecule has 0 spiro atoms. The number of rotatable bonds is 3. The highest BCUT2D eigenvalue weighted by Gasteiger charge is 2.20. The summed E-state index contributed by atoms with van der Waals surface area (Å²) >= 11 is 13.1. The molecule has 0 unspecified atom stereocenters. The van der Waals surface area contributed by atoms with Crippen LogP contribution in [0.2, 0.25) is 5.02 Å². The van der Waals surface area contributed by atoms with Crippen molar-refractivity contribution in [3.05, 3.63) is 43.4 Å². The van der Waals surface area contributed by atoms with Crippen LogP contribution in [0.15, 0.2) is 36.7 Å². The minimum absolute atomic E-state index is 0.0422. The van der Waals surface area contributed by atoms with Crippen molar-refractivity contribution in [2.75, 3.05) is 4.72 Å². The predicted molar refractivity (Wildman–Crippen MR) is 81.9 cm³/mol. The van der Waals surface area contributed by atoms with E-state index in [1.807, 2.05) is 0 Å². The molecule has 1 aromatic carbocycles. The van der Waals surface area contributed by atoms with Gasteiger partial charge in [-0.05, 0) is 56.1 Å².